The van der Waals surface area contributed by atoms with Gasteiger partial charge in [-0.05, 0) is 37.3 Å². The molecule has 0 fully saturated rings. The van der Waals surface area contributed by atoms with E-state index in [0.29, 0.717) is 10.0 Å². The van der Waals surface area contributed by atoms with E-state index in [1.807, 2.05) is 55.5 Å². The van der Waals surface area contributed by atoms with E-state index in [1.165, 1.54) is 0 Å². The van der Waals surface area contributed by atoms with Gasteiger partial charge in [-0.25, -0.2) is 4.98 Å². The number of halogens is 1. The van der Waals surface area contributed by atoms with Crippen molar-refractivity contribution in [3.63, 3.8) is 0 Å². The van der Waals surface area contributed by atoms with Gasteiger partial charge in [-0.3, -0.25) is 4.79 Å². The summed E-state index contributed by atoms with van der Waals surface area (Å²) in [5.41, 5.74) is 4.29. The molecule has 0 unspecified atom stereocenters. The van der Waals surface area contributed by atoms with Crippen LogP contribution in [0.25, 0.3) is 22.2 Å². The lowest BCUT2D eigenvalue weighted by molar-refractivity contribution is -0.137. The first-order valence-corrected chi connectivity index (χ1v) is 8.78. The van der Waals surface area contributed by atoms with Crippen LogP contribution in [0, 0.1) is 6.92 Å². The van der Waals surface area contributed by atoms with E-state index in [-0.39, 0.29) is 6.54 Å². The quantitative estimate of drug-likeness (QED) is 0.668. The monoisotopic (exact) mass is 384 g/mol. The molecule has 0 bridgehead atoms. The Bertz CT molecular complexity index is 1020. The van der Waals surface area contributed by atoms with Gasteiger partial charge in [0.2, 0.25) is 0 Å². The van der Waals surface area contributed by atoms with E-state index in [4.69, 9.17) is 33.9 Å². The molecule has 0 aliphatic rings. The van der Waals surface area contributed by atoms with Crippen LogP contribution in [0.1, 0.15) is 11.1 Å². The smallest absolute Gasteiger partial charge is 0.323 e. The molecular formula is C20H17ClN2O2S. The lowest BCUT2D eigenvalue weighted by atomic mass is 10.0. The maximum absolute atomic E-state index is 11.1. The number of likely N-dealkylation sites (N-methyl/N-ethyl adjacent to an activating group) is 1. The van der Waals surface area contributed by atoms with Gasteiger partial charge < -0.3 is 10.0 Å². The zero-order chi connectivity index (χ0) is 18.8. The van der Waals surface area contributed by atoms with E-state index in [1.54, 1.807) is 11.9 Å². The molecule has 0 aliphatic carbocycles. The van der Waals surface area contributed by atoms with Gasteiger partial charge in [0.15, 0.2) is 0 Å². The van der Waals surface area contributed by atoms with Crippen LogP contribution in [0.15, 0.2) is 48.5 Å². The Morgan fingerprint density at radius 1 is 1.23 bits per heavy atom. The summed E-state index contributed by atoms with van der Waals surface area (Å²) in [5, 5.41) is 10.6. The van der Waals surface area contributed by atoms with Gasteiger partial charge in [0.25, 0.3) is 0 Å². The molecule has 1 N–H and O–H groups in total. The number of pyridine rings is 1. The van der Waals surface area contributed by atoms with Gasteiger partial charge >= 0.3 is 5.97 Å². The normalized spacial score (nSPS) is 10.7. The zero-order valence-electron chi connectivity index (χ0n) is 14.4. The fourth-order valence-electron chi connectivity index (χ4n) is 2.79. The number of aromatic nitrogens is 1. The summed E-state index contributed by atoms with van der Waals surface area (Å²) in [4.78, 5) is 17.8. The molecule has 132 valence electrons. The highest BCUT2D eigenvalue weighted by atomic mass is 35.5. The van der Waals surface area contributed by atoms with Gasteiger partial charge in [-0.15, -0.1) is 0 Å². The third-order valence-electron chi connectivity index (χ3n) is 4.03. The highest BCUT2D eigenvalue weighted by Gasteiger charge is 2.16. The molecule has 2 aromatic carbocycles. The number of hydrogen-bond donors (Lipinski definition) is 1. The first kappa shape index (κ1) is 18.3. The van der Waals surface area contributed by atoms with Crippen LogP contribution < -0.4 is 0 Å². The van der Waals surface area contributed by atoms with Crippen LogP contribution in [0.4, 0.5) is 0 Å². The summed E-state index contributed by atoms with van der Waals surface area (Å²) in [7, 11) is 1.68. The summed E-state index contributed by atoms with van der Waals surface area (Å²) in [5.74, 6) is -0.931. The van der Waals surface area contributed by atoms with Crippen molar-refractivity contribution >= 4 is 45.7 Å². The van der Waals surface area contributed by atoms with Crippen LogP contribution in [0.3, 0.4) is 0 Å². The minimum atomic E-state index is -0.931. The number of thiocarbonyl (C=S) groups is 1. The molecule has 0 spiro atoms. The number of carboxylic acids is 1. The first-order chi connectivity index (χ1) is 12.3. The van der Waals surface area contributed by atoms with Crippen molar-refractivity contribution in [2.45, 2.75) is 6.92 Å². The van der Waals surface area contributed by atoms with Crippen LogP contribution >= 0.6 is 23.8 Å². The molecule has 4 nitrogen and oxygen atoms in total. The molecule has 0 aliphatic heterocycles. The minimum Gasteiger partial charge on any atom is -0.480 e. The van der Waals surface area contributed by atoms with Crippen molar-refractivity contribution in [3.8, 4) is 11.3 Å². The number of carboxylic acid groups (broad SMARTS) is 1. The first-order valence-electron chi connectivity index (χ1n) is 8.00. The van der Waals surface area contributed by atoms with Gasteiger partial charge in [0, 0.05) is 28.6 Å². The maximum Gasteiger partial charge on any atom is 0.323 e. The van der Waals surface area contributed by atoms with Crippen LogP contribution in [-0.2, 0) is 4.79 Å². The maximum atomic E-state index is 11.1. The van der Waals surface area contributed by atoms with Gasteiger partial charge in [0.1, 0.15) is 11.5 Å². The predicted molar refractivity (Wildman–Crippen MR) is 109 cm³/mol. The summed E-state index contributed by atoms with van der Waals surface area (Å²) in [6, 6.07) is 15.3. The van der Waals surface area contributed by atoms with Gasteiger partial charge in [0.05, 0.1) is 11.2 Å². The van der Waals surface area contributed by atoms with E-state index in [2.05, 4.69) is 0 Å². The second-order valence-corrected chi connectivity index (χ2v) is 6.96. The van der Waals surface area contributed by atoms with Crippen molar-refractivity contribution in [3.05, 3.63) is 64.7 Å². The molecule has 0 saturated heterocycles. The number of aryl methyl sites for hydroxylation is 1. The number of carbonyl (C=O) groups is 1. The molecule has 0 amide bonds. The highest BCUT2D eigenvalue weighted by Crippen LogP contribution is 2.28. The lowest BCUT2D eigenvalue weighted by Crippen LogP contribution is -2.31. The second-order valence-electron chi connectivity index (χ2n) is 6.14. The topological polar surface area (TPSA) is 53.4 Å². The number of rotatable bonds is 4. The molecule has 26 heavy (non-hydrogen) atoms. The number of fused-ring (bicyclic) bond motifs is 1. The number of nitrogens with zero attached hydrogens (tertiary/aromatic N) is 2. The van der Waals surface area contributed by atoms with Crippen LogP contribution in [-0.4, -0.2) is 39.5 Å². The van der Waals surface area contributed by atoms with E-state index >= 15 is 0 Å². The predicted octanol–water partition coefficient (Wildman–Crippen LogP) is 4.56. The van der Waals surface area contributed by atoms with E-state index in [9.17, 15) is 4.79 Å². The molecule has 0 atom stereocenters. The standard InChI is InChI=1S/C20H17ClN2O2S/c1-12-6-7-17-15(8-12)16(20(26)23(2)11-19(24)25)10-18(22-17)13-4-3-5-14(21)9-13/h3-10H,11H2,1-2H3,(H,24,25). The second kappa shape index (κ2) is 7.40. The molecule has 0 saturated carbocycles. The van der Waals surface area contributed by atoms with Crippen molar-refractivity contribution in [2.24, 2.45) is 0 Å². The fraction of sp³-hybridized carbons (Fsp3) is 0.150. The Kier molecular flexibility index (Phi) is 5.20. The van der Waals surface area contributed by atoms with Gasteiger partial charge in [-0.2, -0.15) is 0 Å². The van der Waals surface area contributed by atoms with Crippen molar-refractivity contribution in [1.82, 2.24) is 9.88 Å². The molecule has 1 heterocycles. The number of benzene rings is 2. The molecule has 1 aromatic heterocycles. The summed E-state index contributed by atoms with van der Waals surface area (Å²) < 4.78 is 0. The third kappa shape index (κ3) is 3.84. The number of aliphatic carboxylic acids is 1. The van der Waals surface area contributed by atoms with Gasteiger partial charge in [-0.1, -0.05) is 47.6 Å². The van der Waals surface area contributed by atoms with E-state index < -0.39 is 5.97 Å². The Balaban J connectivity index is 2.20. The SMILES string of the molecule is Cc1ccc2nc(-c3cccc(Cl)c3)cc(C(=S)N(C)CC(=O)O)c2c1. The Labute approximate surface area is 162 Å². The Morgan fingerprint density at radius 3 is 2.69 bits per heavy atom. The Hall–Kier alpha value is -2.50. The lowest BCUT2D eigenvalue weighted by Gasteiger charge is -2.20. The summed E-state index contributed by atoms with van der Waals surface area (Å²) in [6.07, 6.45) is 0. The molecular weight excluding hydrogens is 368 g/mol. The average Bonchev–Trinajstić information content (AvgIpc) is 2.59. The Morgan fingerprint density at radius 2 is 2.00 bits per heavy atom. The summed E-state index contributed by atoms with van der Waals surface area (Å²) in [6.45, 7) is 1.83. The van der Waals surface area contributed by atoms with Crippen molar-refractivity contribution in [1.29, 1.82) is 0 Å². The fourth-order valence-corrected chi connectivity index (χ4v) is 3.22. The molecule has 3 aromatic rings. The third-order valence-corrected chi connectivity index (χ3v) is 4.80. The highest BCUT2D eigenvalue weighted by molar-refractivity contribution is 7.80. The van der Waals surface area contributed by atoms with Crippen molar-refractivity contribution in [2.75, 3.05) is 13.6 Å². The molecule has 0 radical (unpaired) electrons. The van der Waals surface area contributed by atoms with Crippen LogP contribution in [0.5, 0.6) is 0 Å². The average molecular weight is 385 g/mol. The van der Waals surface area contributed by atoms with Crippen LogP contribution in [0.2, 0.25) is 5.02 Å². The zero-order valence-corrected chi connectivity index (χ0v) is 15.9. The van der Waals surface area contributed by atoms with Crippen molar-refractivity contribution < 1.29 is 9.90 Å². The number of hydrogen-bond acceptors (Lipinski definition) is 3. The molecule has 6 heteroatoms. The van der Waals surface area contributed by atoms with E-state index in [0.717, 1.165) is 33.3 Å². The largest absolute Gasteiger partial charge is 0.480 e. The molecule has 3 rings (SSSR count). The minimum absolute atomic E-state index is 0.166. The summed E-state index contributed by atoms with van der Waals surface area (Å²) >= 11 is 11.7.